The van der Waals surface area contributed by atoms with Crippen molar-refractivity contribution in [3.8, 4) is 0 Å². The van der Waals surface area contributed by atoms with E-state index in [0.717, 1.165) is 20.4 Å². The fourth-order valence-electron chi connectivity index (χ4n) is 2.85. The van der Waals surface area contributed by atoms with Crippen LogP contribution in [0.5, 0.6) is 0 Å². The second-order valence-corrected chi connectivity index (χ2v) is 7.81. The highest BCUT2D eigenvalue weighted by Crippen LogP contribution is 2.21. The molecular weight excluding hydrogens is 394 g/mol. The standard InChI is InChI=1S/C20H15N3O3S2/c1-3-8-23-15-7-5-13(19(25)26-2)10-17(15)28-20(23)22-18(24)12-4-6-14-16(9-12)27-11-21-14/h3-7,9-11H,1,8H2,2H3. The lowest BCUT2D eigenvalue weighted by Gasteiger charge is -2.02. The second kappa shape index (κ2) is 7.49. The van der Waals surface area contributed by atoms with Gasteiger partial charge in [-0.25, -0.2) is 9.78 Å². The van der Waals surface area contributed by atoms with Crippen molar-refractivity contribution in [2.24, 2.45) is 4.99 Å². The molecule has 4 aromatic rings. The maximum absolute atomic E-state index is 12.7. The molecule has 4 rings (SSSR count). The van der Waals surface area contributed by atoms with E-state index in [9.17, 15) is 9.59 Å². The molecule has 0 aliphatic heterocycles. The Labute approximate surface area is 168 Å². The van der Waals surface area contributed by atoms with Gasteiger partial charge < -0.3 is 9.30 Å². The van der Waals surface area contributed by atoms with Gasteiger partial charge in [0, 0.05) is 12.1 Å². The van der Waals surface area contributed by atoms with Gasteiger partial charge in [0.2, 0.25) is 0 Å². The Hall–Kier alpha value is -3.10. The Morgan fingerprint density at radius 1 is 1.21 bits per heavy atom. The molecule has 0 spiro atoms. The molecule has 0 atom stereocenters. The van der Waals surface area contributed by atoms with Crippen LogP contribution in [0.3, 0.4) is 0 Å². The van der Waals surface area contributed by atoms with Crippen molar-refractivity contribution in [2.45, 2.75) is 6.54 Å². The summed E-state index contributed by atoms with van der Waals surface area (Å²) in [5.41, 5.74) is 4.45. The number of allylic oxidation sites excluding steroid dienone is 1. The molecule has 0 bridgehead atoms. The van der Waals surface area contributed by atoms with Crippen LogP contribution in [0.15, 0.2) is 59.6 Å². The number of benzene rings is 2. The first-order valence-electron chi connectivity index (χ1n) is 8.35. The predicted octanol–water partition coefficient (Wildman–Crippen LogP) is 4.03. The number of carbonyl (C=O) groups is 2. The number of ether oxygens (including phenoxy) is 1. The van der Waals surface area contributed by atoms with E-state index in [1.165, 1.54) is 29.8 Å². The minimum atomic E-state index is -0.405. The molecule has 140 valence electrons. The summed E-state index contributed by atoms with van der Waals surface area (Å²) in [5.74, 6) is -0.731. The van der Waals surface area contributed by atoms with Crippen molar-refractivity contribution in [3.63, 3.8) is 0 Å². The van der Waals surface area contributed by atoms with Gasteiger partial charge in [-0.3, -0.25) is 4.79 Å². The zero-order valence-corrected chi connectivity index (χ0v) is 16.5. The molecule has 0 saturated heterocycles. The molecule has 0 radical (unpaired) electrons. The number of methoxy groups -OCH3 is 1. The molecule has 28 heavy (non-hydrogen) atoms. The fourth-order valence-corrected chi connectivity index (χ4v) is 4.64. The molecule has 2 heterocycles. The molecule has 2 aromatic heterocycles. The lowest BCUT2D eigenvalue weighted by molar-refractivity contribution is 0.0601. The number of fused-ring (bicyclic) bond motifs is 2. The molecule has 0 unspecified atom stereocenters. The number of carbonyl (C=O) groups excluding carboxylic acids is 2. The Balaban J connectivity index is 1.83. The Morgan fingerprint density at radius 3 is 2.79 bits per heavy atom. The van der Waals surface area contributed by atoms with Crippen LogP contribution in [0.2, 0.25) is 0 Å². The van der Waals surface area contributed by atoms with Crippen molar-refractivity contribution in [1.82, 2.24) is 9.55 Å². The van der Waals surface area contributed by atoms with E-state index >= 15 is 0 Å². The molecule has 6 nitrogen and oxygen atoms in total. The number of esters is 1. The topological polar surface area (TPSA) is 73.5 Å². The summed E-state index contributed by atoms with van der Waals surface area (Å²) in [4.78, 5) is 33.7. The quantitative estimate of drug-likeness (QED) is 0.377. The number of nitrogens with zero attached hydrogens (tertiary/aromatic N) is 3. The predicted molar refractivity (Wildman–Crippen MR) is 111 cm³/mol. The van der Waals surface area contributed by atoms with Gasteiger partial charge >= 0.3 is 5.97 Å². The van der Waals surface area contributed by atoms with E-state index in [1.54, 1.807) is 35.9 Å². The summed E-state index contributed by atoms with van der Waals surface area (Å²) < 4.78 is 8.47. The van der Waals surface area contributed by atoms with Crippen molar-refractivity contribution in [1.29, 1.82) is 0 Å². The Bertz CT molecular complexity index is 1300. The minimum absolute atomic E-state index is 0.326. The molecular formula is C20H15N3O3S2. The molecule has 2 aromatic carbocycles. The number of amides is 1. The highest BCUT2D eigenvalue weighted by Gasteiger charge is 2.12. The minimum Gasteiger partial charge on any atom is -0.465 e. The van der Waals surface area contributed by atoms with Crippen molar-refractivity contribution in [2.75, 3.05) is 7.11 Å². The fraction of sp³-hybridized carbons (Fsp3) is 0.100. The summed E-state index contributed by atoms with van der Waals surface area (Å²) in [5, 5.41) is 0. The first-order chi connectivity index (χ1) is 13.6. The van der Waals surface area contributed by atoms with Crippen molar-refractivity contribution < 1.29 is 14.3 Å². The number of hydrogen-bond donors (Lipinski definition) is 0. The number of rotatable bonds is 4. The molecule has 0 aliphatic rings. The highest BCUT2D eigenvalue weighted by molar-refractivity contribution is 7.17. The molecule has 8 heteroatoms. The molecule has 1 amide bonds. The van der Waals surface area contributed by atoms with Gasteiger partial charge in [0.05, 0.1) is 38.6 Å². The summed E-state index contributed by atoms with van der Waals surface area (Å²) in [6, 6.07) is 10.6. The van der Waals surface area contributed by atoms with E-state index in [2.05, 4.69) is 16.6 Å². The number of thiazole rings is 2. The largest absolute Gasteiger partial charge is 0.465 e. The summed E-state index contributed by atoms with van der Waals surface area (Å²) >= 11 is 2.83. The smallest absolute Gasteiger partial charge is 0.337 e. The van der Waals surface area contributed by atoms with Gasteiger partial charge in [0.15, 0.2) is 4.80 Å². The second-order valence-electron chi connectivity index (χ2n) is 5.91. The summed E-state index contributed by atoms with van der Waals surface area (Å²) in [6.45, 7) is 4.28. The Morgan fingerprint density at radius 2 is 2.00 bits per heavy atom. The number of hydrogen-bond acceptors (Lipinski definition) is 6. The van der Waals surface area contributed by atoms with Gasteiger partial charge in [0.1, 0.15) is 0 Å². The lowest BCUT2D eigenvalue weighted by atomic mass is 10.2. The third-order valence-electron chi connectivity index (χ3n) is 4.19. The van der Waals surface area contributed by atoms with E-state index < -0.39 is 5.97 Å². The van der Waals surface area contributed by atoms with Crippen LogP contribution in [0.25, 0.3) is 20.4 Å². The van der Waals surface area contributed by atoms with Crippen molar-refractivity contribution in [3.05, 3.63) is 70.5 Å². The molecule has 0 aliphatic carbocycles. The van der Waals surface area contributed by atoms with E-state index in [0.29, 0.717) is 22.5 Å². The van der Waals surface area contributed by atoms with Crippen LogP contribution >= 0.6 is 22.7 Å². The highest BCUT2D eigenvalue weighted by atomic mass is 32.1. The van der Waals surface area contributed by atoms with Gasteiger partial charge in [0.25, 0.3) is 5.91 Å². The van der Waals surface area contributed by atoms with Crippen molar-refractivity contribution >= 4 is 55.0 Å². The Kier molecular flexibility index (Phi) is 4.89. The zero-order chi connectivity index (χ0) is 19.7. The monoisotopic (exact) mass is 409 g/mol. The molecule has 0 saturated carbocycles. The van der Waals surface area contributed by atoms with Gasteiger partial charge in [-0.2, -0.15) is 4.99 Å². The average molecular weight is 409 g/mol. The van der Waals surface area contributed by atoms with E-state index in [1.807, 2.05) is 16.7 Å². The molecule has 0 N–H and O–H groups in total. The maximum Gasteiger partial charge on any atom is 0.337 e. The number of aromatic nitrogens is 2. The van der Waals surface area contributed by atoms with Crippen LogP contribution < -0.4 is 4.80 Å². The summed E-state index contributed by atoms with van der Waals surface area (Å²) in [7, 11) is 1.35. The summed E-state index contributed by atoms with van der Waals surface area (Å²) in [6.07, 6.45) is 1.74. The van der Waals surface area contributed by atoms with E-state index in [-0.39, 0.29) is 5.91 Å². The molecule has 0 fully saturated rings. The van der Waals surface area contributed by atoms with E-state index in [4.69, 9.17) is 4.74 Å². The lowest BCUT2D eigenvalue weighted by Crippen LogP contribution is -2.16. The zero-order valence-electron chi connectivity index (χ0n) is 14.9. The third-order valence-corrected chi connectivity index (χ3v) is 6.02. The van der Waals surface area contributed by atoms with Gasteiger partial charge in [-0.05, 0) is 36.4 Å². The SMILES string of the molecule is C=CCn1c(=NC(=O)c2ccc3ncsc3c2)sc2cc(C(=O)OC)ccc21. The van der Waals surface area contributed by atoms with Crippen LogP contribution in [-0.2, 0) is 11.3 Å². The van der Waals surface area contributed by atoms with Crippen LogP contribution in [0.4, 0.5) is 0 Å². The first kappa shape index (κ1) is 18.3. The van der Waals surface area contributed by atoms with Crippen LogP contribution in [-0.4, -0.2) is 28.5 Å². The van der Waals surface area contributed by atoms with Gasteiger partial charge in [-0.1, -0.05) is 17.4 Å². The first-order valence-corrected chi connectivity index (χ1v) is 10.0. The van der Waals surface area contributed by atoms with Crippen LogP contribution in [0.1, 0.15) is 20.7 Å². The normalized spacial score (nSPS) is 11.8. The third kappa shape index (κ3) is 3.28. The van der Waals surface area contributed by atoms with Crippen LogP contribution in [0, 0.1) is 0 Å². The average Bonchev–Trinajstić information content (AvgIpc) is 3.31. The maximum atomic E-state index is 12.7. The van der Waals surface area contributed by atoms with Gasteiger partial charge in [-0.15, -0.1) is 17.9 Å².